The van der Waals surface area contributed by atoms with Crippen LogP contribution in [0.1, 0.15) is 11.1 Å². The van der Waals surface area contributed by atoms with Gasteiger partial charge in [0.25, 0.3) is 0 Å². The van der Waals surface area contributed by atoms with Gasteiger partial charge in [-0.1, -0.05) is 42.1 Å². The molecule has 0 unspecified atom stereocenters. The predicted molar refractivity (Wildman–Crippen MR) is 112 cm³/mol. The van der Waals surface area contributed by atoms with Crippen LogP contribution in [-0.4, -0.2) is 31.6 Å². The van der Waals surface area contributed by atoms with E-state index in [1.165, 1.54) is 23.9 Å². The van der Waals surface area contributed by atoms with E-state index in [4.69, 9.17) is 5.14 Å². The quantitative estimate of drug-likeness (QED) is 0.578. The van der Waals surface area contributed by atoms with Gasteiger partial charge < -0.3 is 5.32 Å². The topological polar surface area (TPSA) is 102 Å². The molecule has 0 radical (unpaired) electrons. The lowest BCUT2D eigenvalue weighted by Gasteiger charge is -2.07. The summed E-state index contributed by atoms with van der Waals surface area (Å²) in [6.07, 6.45) is 0.606. The molecule has 1 amide bonds. The van der Waals surface area contributed by atoms with E-state index in [2.05, 4.69) is 10.3 Å². The van der Waals surface area contributed by atoms with Gasteiger partial charge in [0.05, 0.1) is 21.2 Å². The molecule has 3 N–H and O–H groups in total. The number of primary sulfonamides is 1. The minimum Gasteiger partial charge on any atom is -0.355 e. The number of hydrogen-bond acceptors (Lipinski definition) is 5. The maximum Gasteiger partial charge on any atom is 0.238 e. The minimum atomic E-state index is -3.68. The van der Waals surface area contributed by atoms with Gasteiger partial charge in [-0.3, -0.25) is 4.79 Å². The summed E-state index contributed by atoms with van der Waals surface area (Å²) in [4.78, 5) is 16.8. The molecule has 1 aromatic heterocycles. The van der Waals surface area contributed by atoms with Crippen molar-refractivity contribution in [2.75, 3.05) is 12.3 Å². The Morgan fingerprint density at radius 2 is 1.86 bits per heavy atom. The van der Waals surface area contributed by atoms with Gasteiger partial charge in [0.2, 0.25) is 15.9 Å². The molecule has 0 bridgehead atoms. The number of aromatic nitrogens is 1. The van der Waals surface area contributed by atoms with Crippen LogP contribution in [0.15, 0.2) is 64.5 Å². The molecule has 28 heavy (non-hydrogen) atoms. The van der Waals surface area contributed by atoms with E-state index in [1.54, 1.807) is 12.1 Å². The molecular weight excluding hydrogens is 394 g/mol. The molecule has 3 rings (SSSR count). The molecule has 2 aromatic carbocycles. The highest BCUT2D eigenvalue weighted by Gasteiger charge is 2.08. The van der Waals surface area contributed by atoms with Crippen LogP contribution in [0.5, 0.6) is 0 Å². The Kier molecular flexibility index (Phi) is 6.33. The van der Waals surface area contributed by atoms with Crippen molar-refractivity contribution in [1.82, 2.24) is 10.3 Å². The van der Waals surface area contributed by atoms with Crippen molar-refractivity contribution in [2.24, 2.45) is 5.14 Å². The second-order valence-electron chi connectivity index (χ2n) is 6.37. The summed E-state index contributed by atoms with van der Waals surface area (Å²) in [6, 6.07) is 16.3. The highest BCUT2D eigenvalue weighted by atomic mass is 32.2. The van der Waals surface area contributed by atoms with Crippen molar-refractivity contribution in [3.63, 3.8) is 0 Å². The van der Waals surface area contributed by atoms with E-state index in [1.807, 2.05) is 37.3 Å². The first kappa shape index (κ1) is 20.3. The second kappa shape index (κ2) is 8.72. The number of thioether (sulfide) groups is 1. The third kappa shape index (κ3) is 5.31. The van der Waals surface area contributed by atoms with Crippen LogP contribution in [0.3, 0.4) is 0 Å². The summed E-state index contributed by atoms with van der Waals surface area (Å²) in [6.45, 7) is 2.51. The molecule has 0 aliphatic heterocycles. The van der Waals surface area contributed by atoms with Crippen molar-refractivity contribution < 1.29 is 13.2 Å². The Morgan fingerprint density at radius 1 is 1.14 bits per heavy atom. The zero-order valence-corrected chi connectivity index (χ0v) is 17.0. The largest absolute Gasteiger partial charge is 0.355 e. The van der Waals surface area contributed by atoms with Gasteiger partial charge in [-0.25, -0.2) is 18.5 Å². The minimum absolute atomic E-state index is 0.0706. The molecule has 146 valence electrons. The number of amides is 1. The zero-order valence-electron chi connectivity index (χ0n) is 15.4. The lowest BCUT2D eigenvalue weighted by molar-refractivity contribution is -0.118. The SMILES string of the molecule is Cc1cc(SCC(=O)NCCc2ccc(S(N)(=O)=O)cc2)nc2ccccc12. The van der Waals surface area contributed by atoms with Crippen LogP contribution in [0.25, 0.3) is 10.9 Å². The highest BCUT2D eigenvalue weighted by molar-refractivity contribution is 7.99. The Balaban J connectivity index is 1.48. The van der Waals surface area contributed by atoms with Crippen LogP contribution in [-0.2, 0) is 21.2 Å². The molecule has 3 aromatic rings. The van der Waals surface area contributed by atoms with E-state index >= 15 is 0 Å². The molecule has 6 nitrogen and oxygen atoms in total. The summed E-state index contributed by atoms with van der Waals surface area (Å²) in [5.41, 5.74) is 2.98. The number of nitrogens with zero attached hydrogens (tertiary/aromatic N) is 1. The summed E-state index contributed by atoms with van der Waals surface area (Å²) in [7, 11) is -3.68. The van der Waals surface area contributed by atoms with E-state index in [-0.39, 0.29) is 16.6 Å². The smallest absolute Gasteiger partial charge is 0.238 e. The van der Waals surface area contributed by atoms with Gasteiger partial charge in [-0.2, -0.15) is 0 Å². The average molecular weight is 416 g/mol. The average Bonchev–Trinajstić information content (AvgIpc) is 2.66. The van der Waals surface area contributed by atoms with E-state index < -0.39 is 10.0 Å². The fraction of sp³-hybridized carbons (Fsp3) is 0.200. The number of sulfonamides is 1. The van der Waals surface area contributed by atoms with Crippen molar-refractivity contribution in [3.05, 3.63) is 65.7 Å². The predicted octanol–water partition coefficient (Wildman–Crippen LogP) is 2.64. The highest BCUT2D eigenvalue weighted by Crippen LogP contribution is 2.23. The molecule has 0 saturated carbocycles. The first-order valence-corrected chi connectivity index (χ1v) is 11.2. The number of benzene rings is 2. The van der Waals surface area contributed by atoms with Crippen molar-refractivity contribution in [2.45, 2.75) is 23.3 Å². The summed E-state index contributed by atoms with van der Waals surface area (Å²) in [5, 5.41) is 9.88. The van der Waals surface area contributed by atoms with Gasteiger partial charge in [0.1, 0.15) is 0 Å². The first-order valence-electron chi connectivity index (χ1n) is 8.70. The maximum absolute atomic E-state index is 12.1. The molecule has 0 saturated heterocycles. The lowest BCUT2D eigenvalue weighted by Crippen LogP contribution is -2.27. The number of carbonyl (C=O) groups is 1. The molecule has 0 spiro atoms. The molecule has 0 aliphatic carbocycles. The number of pyridine rings is 1. The molecule has 1 heterocycles. The molecule has 8 heteroatoms. The maximum atomic E-state index is 12.1. The number of fused-ring (bicyclic) bond motifs is 1. The van der Waals surface area contributed by atoms with E-state index in [9.17, 15) is 13.2 Å². The van der Waals surface area contributed by atoms with Gasteiger partial charge in [-0.15, -0.1) is 0 Å². The monoisotopic (exact) mass is 415 g/mol. The third-order valence-electron chi connectivity index (χ3n) is 4.24. The Bertz CT molecular complexity index is 1100. The zero-order chi connectivity index (χ0) is 20.1. The number of rotatable bonds is 7. The summed E-state index contributed by atoms with van der Waals surface area (Å²) >= 11 is 1.40. The Morgan fingerprint density at radius 3 is 2.57 bits per heavy atom. The van der Waals surface area contributed by atoms with Crippen molar-refractivity contribution >= 4 is 38.6 Å². The van der Waals surface area contributed by atoms with Gasteiger partial charge in [0.15, 0.2) is 0 Å². The number of aryl methyl sites for hydroxylation is 1. The second-order valence-corrected chi connectivity index (χ2v) is 8.93. The van der Waals surface area contributed by atoms with Gasteiger partial charge in [0, 0.05) is 11.9 Å². The van der Waals surface area contributed by atoms with Crippen LogP contribution in [0.4, 0.5) is 0 Å². The summed E-state index contributed by atoms with van der Waals surface area (Å²) < 4.78 is 22.5. The van der Waals surface area contributed by atoms with Gasteiger partial charge in [-0.05, 0) is 48.7 Å². The molecule has 0 fully saturated rings. The van der Waals surface area contributed by atoms with E-state index in [0.29, 0.717) is 13.0 Å². The number of nitrogens with one attached hydrogen (secondary N) is 1. The van der Waals surface area contributed by atoms with Crippen LogP contribution < -0.4 is 10.5 Å². The summed E-state index contributed by atoms with van der Waals surface area (Å²) in [5.74, 6) is 0.216. The Labute approximate surface area is 168 Å². The normalized spacial score (nSPS) is 11.5. The van der Waals surface area contributed by atoms with Gasteiger partial charge >= 0.3 is 0 Å². The molecular formula is C20H21N3O3S2. The number of nitrogens with two attached hydrogens (primary N) is 1. The van der Waals surface area contributed by atoms with Crippen LogP contribution in [0, 0.1) is 6.92 Å². The van der Waals surface area contributed by atoms with E-state index in [0.717, 1.165) is 27.1 Å². The standard InChI is InChI=1S/C20H21N3O3S2/c1-14-12-20(23-18-5-3-2-4-17(14)18)27-13-19(24)22-11-10-15-6-8-16(9-7-15)28(21,25)26/h2-9,12H,10-11,13H2,1H3,(H,22,24)(H2,21,25,26). The molecule has 0 atom stereocenters. The fourth-order valence-electron chi connectivity index (χ4n) is 2.78. The third-order valence-corrected chi connectivity index (χ3v) is 6.08. The molecule has 0 aliphatic rings. The Hall–Kier alpha value is -2.42. The van der Waals surface area contributed by atoms with Crippen LogP contribution in [0.2, 0.25) is 0 Å². The lowest BCUT2D eigenvalue weighted by atomic mass is 10.1. The number of para-hydroxylation sites is 1. The van der Waals surface area contributed by atoms with Crippen molar-refractivity contribution in [1.29, 1.82) is 0 Å². The van der Waals surface area contributed by atoms with Crippen LogP contribution >= 0.6 is 11.8 Å². The number of hydrogen-bond donors (Lipinski definition) is 2. The van der Waals surface area contributed by atoms with Crippen molar-refractivity contribution in [3.8, 4) is 0 Å². The first-order chi connectivity index (χ1) is 13.3. The fourth-order valence-corrected chi connectivity index (χ4v) is 4.09. The number of carbonyl (C=O) groups excluding carboxylic acids is 1.